The predicted molar refractivity (Wildman–Crippen MR) is 129 cm³/mol. The first-order chi connectivity index (χ1) is 15.0. The maximum Gasteiger partial charge on any atom is 0.221 e. The number of benzene rings is 3. The summed E-state index contributed by atoms with van der Waals surface area (Å²) in [6, 6.07) is 16.5. The Kier molecular flexibility index (Phi) is 4.74. The Hall–Kier alpha value is -2.92. The Labute approximate surface area is 187 Å². The fraction of sp³-hybridized carbons (Fsp3) is 0.269. The Morgan fingerprint density at radius 3 is 1.94 bits per heavy atom. The highest BCUT2D eigenvalue weighted by atomic mass is 32.2. The zero-order valence-corrected chi connectivity index (χ0v) is 19.1. The Balaban J connectivity index is 1.84. The third-order valence-corrected chi connectivity index (χ3v) is 7.51. The van der Waals surface area contributed by atoms with E-state index in [1.165, 1.54) is 11.8 Å². The topological polar surface area (TPSA) is 50.4 Å². The van der Waals surface area contributed by atoms with E-state index in [1.54, 1.807) is 0 Å². The summed E-state index contributed by atoms with van der Waals surface area (Å²) in [7, 11) is 0. The van der Waals surface area contributed by atoms with E-state index in [0.29, 0.717) is 0 Å². The molecule has 31 heavy (non-hydrogen) atoms. The third-order valence-electron chi connectivity index (χ3n) is 6.14. The number of hydrogen-bond acceptors (Lipinski definition) is 5. The molecule has 3 aromatic rings. The molecule has 5 heteroatoms. The van der Waals surface area contributed by atoms with Crippen molar-refractivity contribution in [2.24, 2.45) is 0 Å². The molecular weight excluding hydrogens is 404 g/mol. The molecule has 0 bridgehead atoms. The van der Waals surface area contributed by atoms with Crippen molar-refractivity contribution in [3.63, 3.8) is 0 Å². The molecule has 0 unspecified atom stereocenters. The minimum absolute atomic E-state index is 0.108. The van der Waals surface area contributed by atoms with Gasteiger partial charge in [0.25, 0.3) is 0 Å². The highest BCUT2D eigenvalue weighted by Gasteiger charge is 2.52. The molecule has 4 nitrogen and oxygen atoms in total. The van der Waals surface area contributed by atoms with Gasteiger partial charge in [0.15, 0.2) is 0 Å². The van der Waals surface area contributed by atoms with Gasteiger partial charge in [-0.1, -0.05) is 36.0 Å². The van der Waals surface area contributed by atoms with Gasteiger partial charge in [-0.15, -0.1) is 0 Å². The number of hydrogen-bond donors (Lipinski definition) is 2. The van der Waals surface area contributed by atoms with Crippen LogP contribution >= 0.6 is 11.8 Å². The molecule has 2 N–H and O–H groups in total. The van der Waals surface area contributed by atoms with Gasteiger partial charge >= 0.3 is 0 Å². The van der Waals surface area contributed by atoms with Crippen LogP contribution in [0.15, 0.2) is 48.5 Å². The first kappa shape index (κ1) is 20.0. The van der Waals surface area contributed by atoms with Gasteiger partial charge in [-0.3, -0.25) is 4.79 Å². The van der Waals surface area contributed by atoms with E-state index in [9.17, 15) is 4.79 Å². The summed E-state index contributed by atoms with van der Waals surface area (Å²) in [5.74, 6) is 1.61. The summed E-state index contributed by atoms with van der Waals surface area (Å²) < 4.78 is 5.88. The normalized spacial score (nSPS) is 15.2. The first-order valence-electron chi connectivity index (χ1n) is 10.8. The molecule has 0 atom stereocenters. The lowest BCUT2D eigenvalue weighted by Crippen LogP contribution is -2.28. The van der Waals surface area contributed by atoms with Gasteiger partial charge in [0.1, 0.15) is 16.2 Å². The van der Waals surface area contributed by atoms with E-state index in [0.717, 1.165) is 69.3 Å². The first-order valence-corrected chi connectivity index (χ1v) is 11.6. The van der Waals surface area contributed by atoms with Crippen LogP contribution in [-0.4, -0.2) is 18.2 Å². The number of aryl methyl sites for hydroxylation is 2. The quantitative estimate of drug-likeness (QED) is 0.498. The molecule has 2 aliphatic heterocycles. The van der Waals surface area contributed by atoms with Crippen LogP contribution in [0, 0.1) is 13.8 Å². The smallest absolute Gasteiger partial charge is 0.221 e. The van der Waals surface area contributed by atoms with Gasteiger partial charge in [0, 0.05) is 53.3 Å². The average Bonchev–Trinajstić information content (AvgIpc) is 3.05. The van der Waals surface area contributed by atoms with Crippen molar-refractivity contribution in [2.45, 2.75) is 32.4 Å². The number of carbonyl (C=O) groups excluding carboxylic acids is 1. The van der Waals surface area contributed by atoms with Gasteiger partial charge in [-0.2, -0.15) is 0 Å². The number of nitrogens with one attached hydrogen (secondary N) is 2. The van der Waals surface area contributed by atoms with Crippen molar-refractivity contribution in [1.82, 2.24) is 0 Å². The van der Waals surface area contributed by atoms with Crippen molar-refractivity contribution in [3.8, 4) is 11.5 Å². The molecule has 0 saturated carbocycles. The number of ether oxygens (including phenoxy) is 1. The summed E-state index contributed by atoms with van der Waals surface area (Å²) in [5.41, 5.74) is 8.31. The van der Waals surface area contributed by atoms with Crippen molar-refractivity contribution in [3.05, 3.63) is 81.9 Å². The Morgan fingerprint density at radius 1 is 0.839 bits per heavy atom. The minimum atomic E-state index is -0.610. The standard InChI is InChI=1S/C26H26N2O2S/c1-5-27-21-13-23-19(11-15(21)3)26(18-10-8-7-9-17(18)25(29)31-26)20-12-16(4)22(28-6-2)14-24(20)30-23/h7-14,27-28H,5-6H2,1-4H3. The largest absolute Gasteiger partial charge is 0.456 e. The van der Waals surface area contributed by atoms with Crippen LogP contribution in [0.4, 0.5) is 11.4 Å². The van der Waals surface area contributed by atoms with Crippen LogP contribution in [0.25, 0.3) is 0 Å². The van der Waals surface area contributed by atoms with E-state index in [4.69, 9.17) is 4.74 Å². The van der Waals surface area contributed by atoms with E-state index in [2.05, 4.69) is 68.7 Å². The van der Waals surface area contributed by atoms with Crippen LogP contribution in [0.1, 0.15) is 52.0 Å². The van der Waals surface area contributed by atoms with Crippen LogP contribution in [-0.2, 0) is 4.75 Å². The number of carbonyl (C=O) groups is 1. The van der Waals surface area contributed by atoms with E-state index in [-0.39, 0.29) is 5.12 Å². The fourth-order valence-corrected chi connectivity index (χ4v) is 6.13. The predicted octanol–water partition coefficient (Wildman–Crippen LogP) is 6.45. The summed E-state index contributed by atoms with van der Waals surface area (Å²) in [4.78, 5) is 13.2. The second kappa shape index (κ2) is 7.34. The molecule has 158 valence electrons. The van der Waals surface area contributed by atoms with Gasteiger partial charge in [-0.25, -0.2) is 0 Å². The summed E-state index contributed by atoms with van der Waals surface area (Å²) in [6.45, 7) is 10.1. The van der Waals surface area contributed by atoms with Crippen LogP contribution in [0.3, 0.4) is 0 Å². The molecule has 0 amide bonds. The van der Waals surface area contributed by atoms with Crippen LogP contribution in [0.5, 0.6) is 11.5 Å². The molecule has 0 fully saturated rings. The van der Waals surface area contributed by atoms with Crippen molar-refractivity contribution in [1.29, 1.82) is 0 Å². The lowest BCUT2D eigenvalue weighted by Gasteiger charge is -2.38. The van der Waals surface area contributed by atoms with Crippen molar-refractivity contribution >= 4 is 28.3 Å². The Morgan fingerprint density at radius 2 is 1.39 bits per heavy atom. The lowest BCUT2D eigenvalue weighted by atomic mass is 9.79. The van der Waals surface area contributed by atoms with Crippen LogP contribution < -0.4 is 15.4 Å². The summed E-state index contributed by atoms with van der Waals surface area (Å²) in [6.07, 6.45) is 0. The highest BCUT2D eigenvalue weighted by Crippen LogP contribution is 2.63. The van der Waals surface area contributed by atoms with Crippen molar-refractivity contribution < 1.29 is 9.53 Å². The lowest BCUT2D eigenvalue weighted by molar-refractivity contribution is 0.109. The van der Waals surface area contributed by atoms with Crippen molar-refractivity contribution in [2.75, 3.05) is 23.7 Å². The molecule has 0 aliphatic carbocycles. The van der Waals surface area contributed by atoms with Gasteiger partial charge < -0.3 is 15.4 Å². The molecule has 0 saturated heterocycles. The SMILES string of the molecule is CCNc1cc2c(cc1C)C1(SC(=O)c3ccccc31)c1cc(C)c(NCC)cc1O2. The molecule has 0 aromatic heterocycles. The highest BCUT2D eigenvalue weighted by molar-refractivity contribution is 8.15. The summed E-state index contributed by atoms with van der Waals surface area (Å²) >= 11 is 1.40. The number of thioether (sulfide) groups is 1. The van der Waals surface area contributed by atoms with E-state index < -0.39 is 4.75 Å². The van der Waals surface area contributed by atoms with E-state index in [1.807, 2.05) is 18.2 Å². The number of anilines is 2. The third kappa shape index (κ3) is 2.87. The molecule has 0 radical (unpaired) electrons. The van der Waals surface area contributed by atoms with Gasteiger partial charge in [-0.05, 0) is 56.5 Å². The maximum atomic E-state index is 13.2. The van der Waals surface area contributed by atoms with Gasteiger partial charge in [0.05, 0.1) is 0 Å². The second-order valence-electron chi connectivity index (χ2n) is 8.11. The molecular formula is C26H26N2O2S. The average molecular weight is 431 g/mol. The van der Waals surface area contributed by atoms with Gasteiger partial charge in [0.2, 0.25) is 5.12 Å². The zero-order valence-electron chi connectivity index (χ0n) is 18.3. The molecule has 3 aromatic carbocycles. The molecule has 1 spiro atoms. The minimum Gasteiger partial charge on any atom is -0.456 e. The fourth-order valence-electron chi connectivity index (χ4n) is 4.74. The molecule has 2 heterocycles. The number of rotatable bonds is 4. The second-order valence-corrected chi connectivity index (χ2v) is 9.29. The monoisotopic (exact) mass is 430 g/mol. The maximum absolute atomic E-state index is 13.2. The van der Waals surface area contributed by atoms with E-state index >= 15 is 0 Å². The Bertz CT molecular complexity index is 1160. The molecule has 5 rings (SSSR count). The molecule has 2 aliphatic rings. The number of fused-ring (bicyclic) bond motifs is 6. The summed E-state index contributed by atoms with van der Waals surface area (Å²) in [5, 5.41) is 6.97. The zero-order chi connectivity index (χ0) is 21.8. The van der Waals surface area contributed by atoms with Crippen LogP contribution in [0.2, 0.25) is 0 Å².